The average molecular weight is 464 g/mol. The highest BCUT2D eigenvalue weighted by Gasteiger charge is 2.31. The van der Waals surface area contributed by atoms with E-state index in [4.69, 9.17) is 9.47 Å². The zero-order valence-corrected chi connectivity index (χ0v) is 18.5. The Morgan fingerprint density at radius 1 is 1.06 bits per heavy atom. The fraction of sp³-hybridized carbons (Fsp3) is 0.381. The molecule has 0 saturated carbocycles. The molecule has 0 bridgehead atoms. The van der Waals surface area contributed by atoms with Crippen molar-refractivity contribution in [1.82, 2.24) is 9.21 Å². The summed E-state index contributed by atoms with van der Waals surface area (Å²) in [5.74, 6) is 0.202. The van der Waals surface area contributed by atoms with Gasteiger partial charge in [-0.2, -0.15) is 4.31 Å². The van der Waals surface area contributed by atoms with Crippen molar-refractivity contribution in [2.24, 2.45) is 0 Å². The molecule has 0 aliphatic carbocycles. The van der Waals surface area contributed by atoms with E-state index >= 15 is 0 Å². The SMILES string of the molecule is CCOCCOc1ccccc1C(=O)N1CCN(S(=O)(=O)c2cccc([N+](=O)[O-])c2)CC1. The number of carbonyl (C=O) groups excluding carboxylic acids is 1. The van der Waals surface area contributed by atoms with Gasteiger partial charge in [0, 0.05) is 44.9 Å². The van der Waals surface area contributed by atoms with E-state index in [-0.39, 0.29) is 42.7 Å². The van der Waals surface area contributed by atoms with Gasteiger partial charge >= 0.3 is 0 Å². The minimum atomic E-state index is -3.91. The lowest BCUT2D eigenvalue weighted by molar-refractivity contribution is -0.385. The Hall–Kier alpha value is -3.02. The molecule has 32 heavy (non-hydrogen) atoms. The molecule has 1 fully saturated rings. The largest absolute Gasteiger partial charge is 0.490 e. The van der Waals surface area contributed by atoms with Crippen molar-refractivity contribution in [3.05, 3.63) is 64.2 Å². The Morgan fingerprint density at radius 2 is 1.78 bits per heavy atom. The van der Waals surface area contributed by atoms with Crippen molar-refractivity contribution in [2.75, 3.05) is 46.0 Å². The number of nitrogens with zero attached hydrogens (tertiary/aromatic N) is 3. The number of nitro benzene ring substituents is 1. The molecule has 1 heterocycles. The molecule has 0 aromatic heterocycles. The van der Waals surface area contributed by atoms with Gasteiger partial charge in [0.1, 0.15) is 12.4 Å². The molecule has 10 nitrogen and oxygen atoms in total. The molecule has 0 unspecified atom stereocenters. The van der Waals surface area contributed by atoms with Crippen LogP contribution in [0.5, 0.6) is 5.75 Å². The summed E-state index contributed by atoms with van der Waals surface area (Å²) in [6.45, 7) is 3.75. The molecule has 1 aliphatic heterocycles. The van der Waals surface area contributed by atoms with Crippen LogP contribution in [0.25, 0.3) is 0 Å². The Labute approximate surface area is 186 Å². The Kier molecular flexibility index (Phi) is 7.78. The number of non-ortho nitro benzene ring substituents is 1. The van der Waals surface area contributed by atoms with E-state index in [9.17, 15) is 23.3 Å². The van der Waals surface area contributed by atoms with Gasteiger partial charge in [0.05, 0.1) is 22.0 Å². The van der Waals surface area contributed by atoms with E-state index in [1.807, 2.05) is 6.92 Å². The standard InChI is InChI=1S/C21H25N3O7S/c1-2-30-14-15-31-20-9-4-3-8-19(20)21(25)22-10-12-23(13-11-22)32(28,29)18-7-5-6-17(16-18)24(26)27/h3-9,16H,2,10-15H2,1H3. The first-order valence-electron chi connectivity index (χ1n) is 10.2. The summed E-state index contributed by atoms with van der Waals surface area (Å²) in [6, 6.07) is 11.9. The van der Waals surface area contributed by atoms with Crippen molar-refractivity contribution >= 4 is 21.6 Å². The number of para-hydroxylation sites is 1. The molecule has 0 radical (unpaired) electrons. The van der Waals surface area contributed by atoms with Crippen LogP contribution in [0.15, 0.2) is 53.4 Å². The lowest BCUT2D eigenvalue weighted by atomic mass is 10.1. The second kappa shape index (κ2) is 10.5. The van der Waals surface area contributed by atoms with Crippen LogP contribution in [0.2, 0.25) is 0 Å². The zero-order valence-electron chi connectivity index (χ0n) is 17.7. The van der Waals surface area contributed by atoms with Gasteiger partial charge in [-0.15, -0.1) is 0 Å². The molecule has 2 aromatic rings. The summed E-state index contributed by atoms with van der Waals surface area (Å²) >= 11 is 0. The first-order chi connectivity index (χ1) is 15.3. The molecule has 0 atom stereocenters. The molecular formula is C21H25N3O7S. The second-order valence-corrected chi connectivity index (χ2v) is 8.93. The number of rotatable bonds is 9. The summed E-state index contributed by atoms with van der Waals surface area (Å²) in [5.41, 5.74) is 0.111. The van der Waals surface area contributed by atoms with Gasteiger partial charge in [-0.05, 0) is 25.1 Å². The fourth-order valence-corrected chi connectivity index (χ4v) is 4.79. The predicted molar refractivity (Wildman–Crippen MR) is 116 cm³/mol. The third-order valence-electron chi connectivity index (χ3n) is 5.00. The number of hydrogen-bond acceptors (Lipinski definition) is 7. The summed E-state index contributed by atoms with van der Waals surface area (Å²) < 4.78 is 38.0. The average Bonchev–Trinajstić information content (AvgIpc) is 2.82. The number of piperazine rings is 1. The second-order valence-electron chi connectivity index (χ2n) is 6.99. The number of nitro groups is 1. The minimum Gasteiger partial charge on any atom is -0.490 e. The number of benzene rings is 2. The van der Waals surface area contributed by atoms with Crippen molar-refractivity contribution in [1.29, 1.82) is 0 Å². The van der Waals surface area contributed by atoms with Crippen LogP contribution in [0.3, 0.4) is 0 Å². The molecular weight excluding hydrogens is 438 g/mol. The number of sulfonamides is 1. The maximum atomic E-state index is 13.0. The third kappa shape index (κ3) is 5.42. The van der Waals surface area contributed by atoms with Crippen molar-refractivity contribution < 1.29 is 27.6 Å². The summed E-state index contributed by atoms with van der Waals surface area (Å²) in [4.78, 5) is 24.8. The molecule has 1 saturated heterocycles. The molecule has 0 spiro atoms. The summed E-state index contributed by atoms with van der Waals surface area (Å²) in [5, 5.41) is 11.0. The number of hydrogen-bond donors (Lipinski definition) is 0. The Balaban J connectivity index is 1.66. The topological polar surface area (TPSA) is 119 Å². The van der Waals surface area contributed by atoms with Gasteiger partial charge in [-0.25, -0.2) is 8.42 Å². The fourth-order valence-electron chi connectivity index (χ4n) is 3.33. The van der Waals surface area contributed by atoms with Crippen molar-refractivity contribution in [2.45, 2.75) is 11.8 Å². The highest BCUT2D eigenvalue weighted by molar-refractivity contribution is 7.89. The highest BCUT2D eigenvalue weighted by Crippen LogP contribution is 2.24. The lowest BCUT2D eigenvalue weighted by Gasteiger charge is -2.34. The molecule has 11 heteroatoms. The maximum Gasteiger partial charge on any atom is 0.270 e. The molecule has 2 aromatic carbocycles. The van der Waals surface area contributed by atoms with E-state index in [1.54, 1.807) is 29.2 Å². The number of ether oxygens (including phenoxy) is 2. The lowest BCUT2D eigenvalue weighted by Crippen LogP contribution is -2.50. The molecule has 172 valence electrons. The highest BCUT2D eigenvalue weighted by atomic mass is 32.2. The van der Waals surface area contributed by atoms with Crippen LogP contribution < -0.4 is 4.74 Å². The summed E-state index contributed by atoms with van der Waals surface area (Å²) in [6.07, 6.45) is 0. The third-order valence-corrected chi connectivity index (χ3v) is 6.89. The minimum absolute atomic E-state index is 0.0874. The van der Waals surface area contributed by atoms with Gasteiger partial charge in [0.25, 0.3) is 11.6 Å². The molecule has 1 amide bonds. The first-order valence-corrected chi connectivity index (χ1v) is 11.6. The molecule has 0 N–H and O–H groups in total. The van der Waals surface area contributed by atoms with Crippen LogP contribution in [-0.2, 0) is 14.8 Å². The predicted octanol–water partition coefficient (Wildman–Crippen LogP) is 2.16. The van der Waals surface area contributed by atoms with Gasteiger partial charge in [0.15, 0.2) is 0 Å². The smallest absolute Gasteiger partial charge is 0.270 e. The quantitative estimate of drug-likeness (QED) is 0.317. The number of amides is 1. The normalized spacial score (nSPS) is 14.8. The maximum absolute atomic E-state index is 13.0. The van der Waals surface area contributed by atoms with Gasteiger partial charge in [0.2, 0.25) is 10.0 Å². The Morgan fingerprint density at radius 3 is 2.47 bits per heavy atom. The van der Waals surface area contributed by atoms with Crippen LogP contribution in [0, 0.1) is 10.1 Å². The van der Waals surface area contributed by atoms with E-state index in [0.717, 1.165) is 6.07 Å². The van der Waals surface area contributed by atoms with Crippen LogP contribution in [-0.4, -0.2) is 74.5 Å². The van der Waals surface area contributed by atoms with E-state index in [1.165, 1.54) is 22.5 Å². The van der Waals surface area contributed by atoms with E-state index in [0.29, 0.717) is 31.1 Å². The number of carbonyl (C=O) groups is 1. The van der Waals surface area contributed by atoms with Crippen LogP contribution in [0.4, 0.5) is 5.69 Å². The van der Waals surface area contributed by atoms with Crippen LogP contribution >= 0.6 is 0 Å². The van der Waals surface area contributed by atoms with Crippen LogP contribution in [0.1, 0.15) is 17.3 Å². The van der Waals surface area contributed by atoms with E-state index < -0.39 is 14.9 Å². The summed E-state index contributed by atoms with van der Waals surface area (Å²) in [7, 11) is -3.91. The van der Waals surface area contributed by atoms with Crippen molar-refractivity contribution in [3.63, 3.8) is 0 Å². The van der Waals surface area contributed by atoms with Gasteiger partial charge in [-0.1, -0.05) is 18.2 Å². The zero-order chi connectivity index (χ0) is 23.1. The Bertz CT molecular complexity index is 1070. The van der Waals surface area contributed by atoms with E-state index in [2.05, 4.69) is 0 Å². The van der Waals surface area contributed by atoms with Crippen molar-refractivity contribution in [3.8, 4) is 5.75 Å². The molecule has 1 aliphatic rings. The van der Waals surface area contributed by atoms with Gasteiger partial charge in [-0.3, -0.25) is 14.9 Å². The van der Waals surface area contributed by atoms with Gasteiger partial charge < -0.3 is 14.4 Å². The molecule has 3 rings (SSSR count). The monoisotopic (exact) mass is 463 g/mol. The first kappa shape index (κ1) is 23.6.